The molecular weight excluding hydrogens is 302 g/mol. The van der Waals surface area contributed by atoms with Crippen molar-refractivity contribution >= 4 is 22.9 Å². The standard InChI is InChI=1S/C18H21N5O/c1-13-4-6-16-15(12-13)19-18(24-16)23-9-3-8-22(10-11-23)17-7-5-14(2)20-21-17/h4-7,12H,3,8-11H2,1-2H3. The van der Waals surface area contributed by atoms with Crippen LogP contribution < -0.4 is 9.80 Å². The lowest BCUT2D eigenvalue weighted by Gasteiger charge is -2.21. The number of hydrogen-bond acceptors (Lipinski definition) is 6. The summed E-state index contributed by atoms with van der Waals surface area (Å²) in [5.74, 6) is 0.940. The van der Waals surface area contributed by atoms with Gasteiger partial charge in [-0.25, -0.2) is 0 Å². The van der Waals surface area contributed by atoms with E-state index in [-0.39, 0.29) is 0 Å². The summed E-state index contributed by atoms with van der Waals surface area (Å²) in [5.41, 5.74) is 3.91. The molecule has 1 aliphatic rings. The third kappa shape index (κ3) is 2.91. The maximum atomic E-state index is 5.94. The van der Waals surface area contributed by atoms with Gasteiger partial charge in [0.2, 0.25) is 0 Å². The number of rotatable bonds is 2. The monoisotopic (exact) mass is 323 g/mol. The fraction of sp³-hybridized carbons (Fsp3) is 0.389. The molecule has 0 unspecified atom stereocenters. The molecule has 2 aromatic heterocycles. The van der Waals surface area contributed by atoms with Crippen molar-refractivity contribution in [2.45, 2.75) is 20.3 Å². The fourth-order valence-corrected chi connectivity index (χ4v) is 3.06. The number of nitrogens with zero attached hydrogens (tertiary/aromatic N) is 5. The molecule has 3 aromatic rings. The highest BCUT2D eigenvalue weighted by molar-refractivity contribution is 5.75. The van der Waals surface area contributed by atoms with Crippen molar-refractivity contribution in [2.24, 2.45) is 0 Å². The second-order valence-electron chi connectivity index (χ2n) is 6.33. The molecule has 1 fully saturated rings. The van der Waals surface area contributed by atoms with Gasteiger partial charge in [-0.2, -0.15) is 10.1 Å². The molecule has 0 N–H and O–H groups in total. The van der Waals surface area contributed by atoms with Gasteiger partial charge in [-0.1, -0.05) is 6.07 Å². The number of aromatic nitrogens is 3. The maximum absolute atomic E-state index is 5.94. The Balaban J connectivity index is 1.52. The van der Waals surface area contributed by atoms with Crippen LogP contribution in [0.15, 0.2) is 34.7 Å². The van der Waals surface area contributed by atoms with Crippen molar-refractivity contribution in [1.29, 1.82) is 0 Å². The van der Waals surface area contributed by atoms with Gasteiger partial charge in [0, 0.05) is 26.2 Å². The number of oxazole rings is 1. The van der Waals surface area contributed by atoms with Crippen LogP contribution in [0, 0.1) is 13.8 Å². The zero-order chi connectivity index (χ0) is 16.5. The molecule has 4 rings (SSSR count). The van der Waals surface area contributed by atoms with E-state index in [4.69, 9.17) is 4.42 Å². The number of aryl methyl sites for hydroxylation is 2. The van der Waals surface area contributed by atoms with Gasteiger partial charge in [-0.3, -0.25) is 0 Å². The Hall–Kier alpha value is -2.63. The minimum absolute atomic E-state index is 0.715. The summed E-state index contributed by atoms with van der Waals surface area (Å²) in [6, 6.07) is 10.9. The largest absolute Gasteiger partial charge is 0.423 e. The molecule has 0 radical (unpaired) electrons. The summed E-state index contributed by atoms with van der Waals surface area (Å²) in [6.45, 7) is 7.67. The van der Waals surface area contributed by atoms with E-state index < -0.39 is 0 Å². The lowest BCUT2D eigenvalue weighted by Crippen LogP contribution is -2.31. The number of fused-ring (bicyclic) bond motifs is 1. The van der Waals surface area contributed by atoms with Crippen molar-refractivity contribution in [1.82, 2.24) is 15.2 Å². The highest BCUT2D eigenvalue weighted by Crippen LogP contribution is 2.24. The molecule has 3 heterocycles. The maximum Gasteiger partial charge on any atom is 0.298 e. The SMILES string of the molecule is Cc1ccc2oc(N3CCCN(c4ccc(C)nn4)CC3)nc2c1. The smallest absolute Gasteiger partial charge is 0.298 e. The van der Waals surface area contributed by atoms with Crippen LogP contribution in [0.25, 0.3) is 11.1 Å². The Labute approximate surface area is 141 Å². The van der Waals surface area contributed by atoms with Gasteiger partial charge >= 0.3 is 0 Å². The van der Waals surface area contributed by atoms with Crippen molar-refractivity contribution in [3.05, 3.63) is 41.6 Å². The fourth-order valence-electron chi connectivity index (χ4n) is 3.06. The molecule has 0 atom stereocenters. The summed E-state index contributed by atoms with van der Waals surface area (Å²) in [5, 5.41) is 8.47. The molecule has 1 aliphatic heterocycles. The van der Waals surface area contributed by atoms with Gasteiger partial charge < -0.3 is 14.2 Å². The highest BCUT2D eigenvalue weighted by atomic mass is 16.4. The van der Waals surface area contributed by atoms with E-state index in [0.29, 0.717) is 6.01 Å². The molecule has 6 nitrogen and oxygen atoms in total. The first-order valence-electron chi connectivity index (χ1n) is 8.36. The minimum atomic E-state index is 0.715. The predicted octanol–water partition coefficient (Wildman–Crippen LogP) is 2.95. The Bertz CT molecular complexity index is 842. The Morgan fingerprint density at radius 1 is 0.917 bits per heavy atom. The predicted molar refractivity (Wildman–Crippen MR) is 94.6 cm³/mol. The molecule has 24 heavy (non-hydrogen) atoms. The normalized spacial score (nSPS) is 15.8. The minimum Gasteiger partial charge on any atom is -0.423 e. The van der Waals surface area contributed by atoms with Crippen LogP contribution in [0.1, 0.15) is 17.7 Å². The summed E-state index contributed by atoms with van der Waals surface area (Å²) >= 11 is 0. The van der Waals surface area contributed by atoms with E-state index in [2.05, 4.69) is 44.0 Å². The van der Waals surface area contributed by atoms with Gasteiger partial charge in [-0.05, 0) is 50.1 Å². The summed E-state index contributed by atoms with van der Waals surface area (Å²) in [4.78, 5) is 9.16. The zero-order valence-electron chi connectivity index (χ0n) is 14.1. The van der Waals surface area contributed by atoms with Crippen LogP contribution in [0.3, 0.4) is 0 Å². The van der Waals surface area contributed by atoms with Gasteiger partial charge in [0.25, 0.3) is 6.01 Å². The summed E-state index contributed by atoms with van der Waals surface area (Å²) in [6.07, 6.45) is 1.04. The van der Waals surface area contributed by atoms with Crippen molar-refractivity contribution in [3.63, 3.8) is 0 Å². The molecule has 0 amide bonds. The van der Waals surface area contributed by atoms with E-state index >= 15 is 0 Å². The van der Waals surface area contributed by atoms with Crippen LogP contribution >= 0.6 is 0 Å². The second-order valence-corrected chi connectivity index (χ2v) is 6.33. The second kappa shape index (κ2) is 6.11. The zero-order valence-corrected chi connectivity index (χ0v) is 14.1. The van der Waals surface area contributed by atoms with Gasteiger partial charge in [-0.15, -0.1) is 5.10 Å². The first-order chi connectivity index (χ1) is 11.7. The topological polar surface area (TPSA) is 58.3 Å². The lowest BCUT2D eigenvalue weighted by molar-refractivity contribution is 0.571. The lowest BCUT2D eigenvalue weighted by atomic mass is 10.2. The van der Waals surface area contributed by atoms with E-state index in [1.165, 1.54) is 5.56 Å². The van der Waals surface area contributed by atoms with Crippen LogP contribution in [0.2, 0.25) is 0 Å². The van der Waals surface area contributed by atoms with E-state index in [1.54, 1.807) is 0 Å². The number of benzene rings is 1. The Morgan fingerprint density at radius 3 is 2.58 bits per heavy atom. The molecule has 6 heteroatoms. The van der Waals surface area contributed by atoms with Crippen molar-refractivity contribution in [3.8, 4) is 0 Å². The molecule has 0 bridgehead atoms. The van der Waals surface area contributed by atoms with E-state index in [0.717, 1.165) is 55.2 Å². The van der Waals surface area contributed by atoms with Crippen LogP contribution in [-0.4, -0.2) is 41.4 Å². The van der Waals surface area contributed by atoms with Crippen LogP contribution in [-0.2, 0) is 0 Å². The first kappa shape index (κ1) is 14.9. The Morgan fingerprint density at radius 2 is 1.75 bits per heavy atom. The third-order valence-corrected chi connectivity index (χ3v) is 4.41. The van der Waals surface area contributed by atoms with E-state index in [9.17, 15) is 0 Å². The molecule has 0 spiro atoms. The molecule has 0 aliphatic carbocycles. The van der Waals surface area contributed by atoms with Gasteiger partial charge in [0.05, 0.1) is 5.69 Å². The third-order valence-electron chi connectivity index (χ3n) is 4.41. The van der Waals surface area contributed by atoms with E-state index in [1.807, 2.05) is 25.1 Å². The van der Waals surface area contributed by atoms with Crippen LogP contribution in [0.4, 0.5) is 11.8 Å². The van der Waals surface area contributed by atoms with Crippen molar-refractivity contribution < 1.29 is 4.42 Å². The van der Waals surface area contributed by atoms with Gasteiger partial charge in [0.15, 0.2) is 11.4 Å². The summed E-state index contributed by atoms with van der Waals surface area (Å²) in [7, 11) is 0. The first-order valence-corrected chi connectivity index (χ1v) is 8.36. The highest BCUT2D eigenvalue weighted by Gasteiger charge is 2.20. The summed E-state index contributed by atoms with van der Waals surface area (Å²) < 4.78 is 5.94. The van der Waals surface area contributed by atoms with Crippen LogP contribution in [0.5, 0.6) is 0 Å². The number of hydrogen-bond donors (Lipinski definition) is 0. The Kier molecular flexibility index (Phi) is 3.80. The molecule has 124 valence electrons. The average Bonchev–Trinajstić information content (AvgIpc) is 2.84. The molecule has 0 saturated carbocycles. The molecule has 1 aromatic carbocycles. The quantitative estimate of drug-likeness (QED) is 0.723. The average molecular weight is 323 g/mol. The molecule has 1 saturated heterocycles. The molecular formula is C18H21N5O. The van der Waals surface area contributed by atoms with Gasteiger partial charge in [0.1, 0.15) is 5.52 Å². The van der Waals surface area contributed by atoms with Crippen molar-refractivity contribution in [2.75, 3.05) is 36.0 Å². The number of anilines is 2.